The van der Waals surface area contributed by atoms with Crippen molar-refractivity contribution in [3.05, 3.63) is 52.8 Å². The molecule has 4 rings (SSSR count). The molecule has 12 heteroatoms. The molecule has 0 saturated heterocycles. The van der Waals surface area contributed by atoms with Gasteiger partial charge in [0.05, 0.1) is 22.7 Å². The molecule has 1 saturated carbocycles. The van der Waals surface area contributed by atoms with Gasteiger partial charge in [-0.2, -0.15) is 4.36 Å². The zero-order valence-electron chi connectivity index (χ0n) is 21.5. The molecular formula is C26H30ClF3N4O3S. The van der Waals surface area contributed by atoms with E-state index in [1.165, 1.54) is 36.7 Å². The Morgan fingerprint density at radius 2 is 1.95 bits per heavy atom. The van der Waals surface area contributed by atoms with E-state index in [2.05, 4.69) is 9.36 Å². The van der Waals surface area contributed by atoms with Crippen LogP contribution in [0, 0.1) is 5.82 Å². The number of aliphatic imine (C=N–C) groups is 1. The number of hydrogen-bond acceptors (Lipinski definition) is 6. The van der Waals surface area contributed by atoms with Crippen LogP contribution in [0.1, 0.15) is 38.2 Å². The highest BCUT2D eigenvalue weighted by molar-refractivity contribution is 7.92. The van der Waals surface area contributed by atoms with Crippen LogP contribution in [-0.2, 0) is 24.8 Å². The first-order valence-electron chi connectivity index (χ1n) is 12.0. The van der Waals surface area contributed by atoms with Crippen LogP contribution in [0.5, 0.6) is 0 Å². The molecule has 0 radical (unpaired) electrons. The highest BCUT2D eigenvalue weighted by Crippen LogP contribution is 2.44. The molecule has 1 aliphatic carbocycles. The number of ether oxygens (including phenoxy) is 1. The zero-order valence-corrected chi connectivity index (χ0v) is 23.1. The highest BCUT2D eigenvalue weighted by Gasteiger charge is 2.49. The second-order valence-corrected chi connectivity index (χ2v) is 13.1. The first-order valence-corrected chi connectivity index (χ1v) is 14.7. The SMILES string of the molecule is CO[C@@H]1C[C@H](N2C(=O)C[C@@](C)(c3cccc(-c4ccc(N=S(C)(C)=O)cc4F)c3Cl)N=C2N)CCC1(F)F. The molecule has 0 unspecified atom stereocenters. The standard InChI is InChI=1S/C26H30ClF3N4O3S/c1-25(14-22(35)34(24(31)32-25)16-10-11-26(29,30)21(13-16)37-2)19-7-5-6-18(23(19)27)17-9-8-15(12-20(17)28)33-38(3,4)36/h5-9,12,16,21H,10-11,13-14H2,1-4H3,(H2,31,32)/t16-,21-,25+/m1/s1. The van der Waals surface area contributed by atoms with Gasteiger partial charge in [0.1, 0.15) is 11.9 Å². The molecule has 3 atom stereocenters. The average molecular weight is 571 g/mol. The molecular weight excluding hydrogens is 541 g/mol. The minimum absolute atomic E-state index is 0.0638. The summed E-state index contributed by atoms with van der Waals surface area (Å²) in [5.74, 6) is -4.04. The molecule has 0 aromatic heterocycles. The molecule has 2 N–H and O–H groups in total. The number of rotatable bonds is 5. The molecule has 1 fully saturated rings. The first-order chi connectivity index (χ1) is 17.6. The molecule has 1 amide bonds. The molecule has 2 aromatic rings. The van der Waals surface area contributed by atoms with Crippen molar-refractivity contribution in [2.75, 3.05) is 19.6 Å². The van der Waals surface area contributed by atoms with E-state index in [0.717, 1.165) is 0 Å². The maximum absolute atomic E-state index is 15.1. The lowest BCUT2D eigenvalue weighted by molar-refractivity contribution is -0.160. The number of nitrogens with zero attached hydrogens (tertiary/aromatic N) is 3. The molecule has 0 bridgehead atoms. The minimum Gasteiger partial charge on any atom is -0.375 e. The average Bonchev–Trinajstić information content (AvgIpc) is 2.79. The summed E-state index contributed by atoms with van der Waals surface area (Å²) in [6, 6.07) is 8.69. The number of halogens is 4. The summed E-state index contributed by atoms with van der Waals surface area (Å²) in [6.07, 6.45) is 1.05. The monoisotopic (exact) mass is 570 g/mol. The minimum atomic E-state index is -2.98. The van der Waals surface area contributed by atoms with Crippen LogP contribution in [0.4, 0.5) is 18.9 Å². The Balaban J connectivity index is 1.68. The lowest BCUT2D eigenvalue weighted by Gasteiger charge is -2.43. The van der Waals surface area contributed by atoms with Gasteiger partial charge >= 0.3 is 0 Å². The van der Waals surface area contributed by atoms with Crippen molar-refractivity contribution in [1.29, 1.82) is 0 Å². The Hall–Kier alpha value is -2.63. The molecule has 2 aromatic carbocycles. The number of carbonyl (C=O) groups excluding carboxylic acids is 1. The summed E-state index contributed by atoms with van der Waals surface area (Å²) in [4.78, 5) is 19.2. The molecule has 1 aliphatic heterocycles. The van der Waals surface area contributed by atoms with Gasteiger partial charge in [-0.3, -0.25) is 9.69 Å². The summed E-state index contributed by atoms with van der Waals surface area (Å²) in [5.41, 5.74) is 6.38. The number of benzene rings is 2. The molecule has 2 aliphatic rings. The number of alkyl halides is 2. The maximum atomic E-state index is 15.1. The van der Waals surface area contributed by atoms with E-state index in [-0.39, 0.29) is 47.4 Å². The Morgan fingerprint density at radius 3 is 2.55 bits per heavy atom. The van der Waals surface area contributed by atoms with Gasteiger partial charge in [0, 0.05) is 65.4 Å². The Morgan fingerprint density at radius 1 is 1.24 bits per heavy atom. The van der Waals surface area contributed by atoms with Gasteiger partial charge in [-0.15, -0.1) is 0 Å². The van der Waals surface area contributed by atoms with Crippen LogP contribution in [0.25, 0.3) is 11.1 Å². The lowest BCUT2D eigenvalue weighted by Crippen LogP contribution is -2.57. The summed E-state index contributed by atoms with van der Waals surface area (Å²) in [6.45, 7) is 1.70. The fraction of sp³-hybridized carbons (Fsp3) is 0.462. The van der Waals surface area contributed by atoms with Crippen LogP contribution in [0.2, 0.25) is 5.02 Å². The number of carbonyl (C=O) groups is 1. The van der Waals surface area contributed by atoms with Crippen molar-refractivity contribution in [3.63, 3.8) is 0 Å². The van der Waals surface area contributed by atoms with E-state index in [9.17, 15) is 17.8 Å². The topological polar surface area (TPSA) is 97.3 Å². The number of guanidine groups is 1. The van der Waals surface area contributed by atoms with Gasteiger partial charge in [-0.05, 0) is 31.0 Å². The summed E-state index contributed by atoms with van der Waals surface area (Å²) in [5, 5.41) is 0.197. The third-order valence-electron chi connectivity index (χ3n) is 6.94. The highest BCUT2D eigenvalue weighted by atomic mass is 35.5. The third-order valence-corrected chi connectivity index (χ3v) is 7.99. The van der Waals surface area contributed by atoms with Crippen molar-refractivity contribution in [2.24, 2.45) is 15.1 Å². The van der Waals surface area contributed by atoms with Gasteiger partial charge in [-0.1, -0.05) is 29.8 Å². The molecule has 206 valence electrons. The maximum Gasteiger partial charge on any atom is 0.273 e. The van der Waals surface area contributed by atoms with Crippen molar-refractivity contribution >= 4 is 38.9 Å². The third kappa shape index (κ3) is 5.55. The number of methoxy groups -OCH3 is 1. The molecule has 38 heavy (non-hydrogen) atoms. The normalized spacial score (nSPS) is 25.7. The molecule has 7 nitrogen and oxygen atoms in total. The summed E-state index contributed by atoms with van der Waals surface area (Å²) >= 11 is 6.76. The predicted octanol–water partition coefficient (Wildman–Crippen LogP) is 5.47. The summed E-state index contributed by atoms with van der Waals surface area (Å²) < 4.78 is 64.3. The van der Waals surface area contributed by atoms with Crippen molar-refractivity contribution in [3.8, 4) is 11.1 Å². The van der Waals surface area contributed by atoms with E-state index < -0.39 is 45.6 Å². The number of amides is 1. The van der Waals surface area contributed by atoms with Gasteiger partial charge in [0.2, 0.25) is 5.91 Å². The largest absolute Gasteiger partial charge is 0.375 e. The first kappa shape index (κ1) is 28.4. The van der Waals surface area contributed by atoms with Gasteiger partial charge in [-0.25, -0.2) is 22.4 Å². The Bertz CT molecular complexity index is 1420. The molecule has 1 heterocycles. The quantitative estimate of drug-likeness (QED) is 0.515. The fourth-order valence-corrected chi connectivity index (χ4v) is 6.20. The van der Waals surface area contributed by atoms with E-state index >= 15 is 4.39 Å². The van der Waals surface area contributed by atoms with E-state index in [1.807, 2.05) is 0 Å². The number of hydrogen-bond donors (Lipinski definition) is 1. The lowest BCUT2D eigenvalue weighted by atomic mass is 9.84. The fourth-order valence-electron chi connectivity index (χ4n) is 5.15. The van der Waals surface area contributed by atoms with Crippen LogP contribution >= 0.6 is 11.6 Å². The molecule has 0 spiro atoms. The zero-order chi connectivity index (χ0) is 28.0. The van der Waals surface area contributed by atoms with E-state index in [1.54, 1.807) is 31.2 Å². The second-order valence-electron chi connectivity index (χ2n) is 10.2. The second kappa shape index (κ2) is 10.2. The summed E-state index contributed by atoms with van der Waals surface area (Å²) in [7, 11) is -1.25. The van der Waals surface area contributed by atoms with Gasteiger partial charge < -0.3 is 10.5 Å². The van der Waals surface area contributed by atoms with Crippen LogP contribution < -0.4 is 5.73 Å². The van der Waals surface area contributed by atoms with Crippen LogP contribution in [0.3, 0.4) is 0 Å². The smallest absolute Gasteiger partial charge is 0.273 e. The number of nitrogens with two attached hydrogens (primary N) is 1. The van der Waals surface area contributed by atoms with E-state index in [4.69, 9.17) is 22.1 Å². The van der Waals surface area contributed by atoms with Crippen LogP contribution in [0.15, 0.2) is 45.8 Å². The predicted molar refractivity (Wildman–Crippen MR) is 143 cm³/mol. The Labute approximate surface area is 225 Å². The Kier molecular flexibility index (Phi) is 7.59. The van der Waals surface area contributed by atoms with Crippen molar-refractivity contribution in [1.82, 2.24) is 4.90 Å². The van der Waals surface area contributed by atoms with E-state index in [0.29, 0.717) is 11.1 Å². The van der Waals surface area contributed by atoms with Gasteiger partial charge in [0.15, 0.2) is 5.96 Å². The van der Waals surface area contributed by atoms with Gasteiger partial charge in [0.25, 0.3) is 5.92 Å². The van der Waals surface area contributed by atoms with Crippen molar-refractivity contribution in [2.45, 2.75) is 56.2 Å². The van der Waals surface area contributed by atoms with Crippen molar-refractivity contribution < 1.29 is 26.9 Å². The van der Waals surface area contributed by atoms with Crippen LogP contribution in [-0.4, -0.2) is 58.7 Å².